The molecule has 1 spiro atoms. The van der Waals surface area contributed by atoms with Gasteiger partial charge in [0.1, 0.15) is 22.7 Å². The van der Waals surface area contributed by atoms with Crippen LogP contribution in [-0.4, -0.2) is 0 Å². The van der Waals surface area contributed by atoms with Gasteiger partial charge in [-0.15, -0.1) is 0 Å². The van der Waals surface area contributed by atoms with E-state index in [1.807, 2.05) is 0 Å². The molecule has 7 aromatic carbocycles. The molecule has 0 saturated carbocycles. The maximum absolute atomic E-state index is 6.79. The summed E-state index contributed by atoms with van der Waals surface area (Å²) in [6.45, 7) is 0. The molecule has 1 aromatic heterocycles. The molecule has 10 rings (SSSR count). The minimum Gasteiger partial charge on any atom is -0.457 e. The van der Waals surface area contributed by atoms with Crippen LogP contribution in [0.15, 0.2) is 168 Å². The Hall–Kier alpha value is -6.06. The third-order valence-electron chi connectivity index (χ3n) is 9.71. The first kappa shape index (κ1) is 25.3. The van der Waals surface area contributed by atoms with E-state index in [9.17, 15) is 0 Å². The summed E-state index contributed by atoms with van der Waals surface area (Å²) < 4.78 is 13.3. The molecule has 216 valence electrons. The maximum Gasteiger partial charge on any atom is 0.137 e. The van der Waals surface area contributed by atoms with Crippen LogP contribution in [0, 0.1) is 0 Å². The maximum atomic E-state index is 6.79. The fourth-order valence-corrected chi connectivity index (χ4v) is 7.85. The van der Waals surface area contributed by atoms with E-state index in [2.05, 4.69) is 169 Å². The zero-order valence-electron chi connectivity index (χ0n) is 24.9. The molecule has 8 aromatic rings. The summed E-state index contributed by atoms with van der Waals surface area (Å²) in [4.78, 5) is 2.27. The van der Waals surface area contributed by atoms with Gasteiger partial charge in [0.2, 0.25) is 0 Å². The predicted octanol–water partition coefficient (Wildman–Crippen LogP) is 11.5. The Labute approximate surface area is 266 Å². The largest absolute Gasteiger partial charge is 0.457 e. The van der Waals surface area contributed by atoms with E-state index in [4.69, 9.17) is 9.15 Å². The quantitative estimate of drug-likeness (QED) is 0.205. The second-order valence-electron chi connectivity index (χ2n) is 12.1. The Morgan fingerprint density at radius 2 is 0.957 bits per heavy atom. The molecule has 2 aliphatic rings. The van der Waals surface area contributed by atoms with Crippen LogP contribution in [0.25, 0.3) is 33.1 Å². The molecule has 3 nitrogen and oxygen atoms in total. The van der Waals surface area contributed by atoms with Crippen LogP contribution >= 0.6 is 0 Å². The molecule has 0 atom stereocenters. The lowest BCUT2D eigenvalue weighted by Gasteiger charge is -2.39. The molecule has 3 heteroatoms. The Balaban J connectivity index is 1.23. The van der Waals surface area contributed by atoms with Crippen molar-refractivity contribution in [3.05, 3.63) is 186 Å². The summed E-state index contributed by atoms with van der Waals surface area (Å²) in [5, 5.41) is 2.22. The lowest BCUT2D eigenvalue weighted by Crippen LogP contribution is -2.32. The summed E-state index contributed by atoms with van der Waals surface area (Å²) in [5.74, 6) is 1.78. The first-order chi connectivity index (χ1) is 22.8. The van der Waals surface area contributed by atoms with E-state index < -0.39 is 5.41 Å². The first-order valence-corrected chi connectivity index (χ1v) is 15.7. The standard InChI is InChI=1S/C43H27NO2/c1-3-13-28(14-4-1)44(29-15-5-2-6-16-29)30-23-24-32-34-26-33-31-17-7-8-18-35(31)43(38(33)27-42(34)46-41(32)25-30)36-19-9-11-21-39(36)45-40-22-12-10-20-37(40)43/h1-27H. The number of rotatable bonds is 3. The van der Waals surface area contributed by atoms with E-state index in [-0.39, 0.29) is 0 Å². The lowest BCUT2D eigenvalue weighted by atomic mass is 9.66. The summed E-state index contributed by atoms with van der Waals surface area (Å²) in [5.41, 5.74) is 11.7. The monoisotopic (exact) mass is 589 g/mol. The predicted molar refractivity (Wildman–Crippen MR) is 186 cm³/mol. The molecule has 46 heavy (non-hydrogen) atoms. The minimum absolute atomic E-state index is 0.521. The highest BCUT2D eigenvalue weighted by molar-refractivity contribution is 6.09. The van der Waals surface area contributed by atoms with Crippen LogP contribution in [0.4, 0.5) is 17.1 Å². The van der Waals surface area contributed by atoms with E-state index >= 15 is 0 Å². The van der Waals surface area contributed by atoms with Gasteiger partial charge >= 0.3 is 0 Å². The number of ether oxygens (including phenoxy) is 1. The molecule has 0 fully saturated rings. The van der Waals surface area contributed by atoms with Gasteiger partial charge in [0.05, 0.1) is 5.41 Å². The highest BCUT2D eigenvalue weighted by Gasteiger charge is 2.51. The van der Waals surface area contributed by atoms with Crippen LogP contribution in [0.3, 0.4) is 0 Å². The van der Waals surface area contributed by atoms with Gasteiger partial charge in [0.25, 0.3) is 0 Å². The van der Waals surface area contributed by atoms with Crippen molar-refractivity contribution in [2.45, 2.75) is 5.41 Å². The van der Waals surface area contributed by atoms with Crippen LogP contribution in [0.1, 0.15) is 22.3 Å². The number of furan rings is 1. The van der Waals surface area contributed by atoms with Gasteiger partial charge in [0, 0.05) is 45.0 Å². The van der Waals surface area contributed by atoms with Crippen LogP contribution in [-0.2, 0) is 5.41 Å². The van der Waals surface area contributed by atoms with Crippen molar-refractivity contribution in [2.24, 2.45) is 0 Å². The van der Waals surface area contributed by atoms with Crippen LogP contribution in [0.2, 0.25) is 0 Å². The molecule has 0 saturated heterocycles. The fraction of sp³-hybridized carbons (Fsp3) is 0.0233. The lowest BCUT2D eigenvalue weighted by molar-refractivity contribution is 0.436. The van der Waals surface area contributed by atoms with Crippen molar-refractivity contribution in [1.82, 2.24) is 0 Å². The third-order valence-corrected chi connectivity index (χ3v) is 9.71. The SMILES string of the molecule is c1ccc(N(c2ccccc2)c2ccc3c(c2)oc2cc4c(cc23)-c2ccccc2C42c3ccccc3Oc3ccccc32)cc1. The molecular formula is C43H27NO2. The van der Waals surface area contributed by atoms with E-state index in [0.717, 1.165) is 61.6 Å². The average Bonchev–Trinajstić information content (AvgIpc) is 3.61. The number of nitrogens with zero attached hydrogens (tertiary/aromatic N) is 1. The molecular weight excluding hydrogens is 562 g/mol. The molecule has 0 N–H and O–H groups in total. The summed E-state index contributed by atoms with van der Waals surface area (Å²) >= 11 is 0. The number of anilines is 3. The summed E-state index contributed by atoms with van der Waals surface area (Å²) in [7, 11) is 0. The van der Waals surface area contributed by atoms with Gasteiger partial charge < -0.3 is 14.1 Å². The Bertz CT molecular complexity index is 2370. The van der Waals surface area contributed by atoms with Gasteiger partial charge in [0.15, 0.2) is 0 Å². The summed E-state index contributed by atoms with van der Waals surface area (Å²) in [6.07, 6.45) is 0. The molecule has 0 unspecified atom stereocenters. The van der Waals surface area contributed by atoms with Crippen molar-refractivity contribution < 1.29 is 9.15 Å². The van der Waals surface area contributed by atoms with Gasteiger partial charge in [-0.05, 0) is 82.9 Å². The topological polar surface area (TPSA) is 25.6 Å². The van der Waals surface area contributed by atoms with Gasteiger partial charge in [-0.3, -0.25) is 0 Å². The van der Waals surface area contributed by atoms with Crippen LogP contribution in [0.5, 0.6) is 11.5 Å². The second kappa shape index (κ2) is 9.47. The van der Waals surface area contributed by atoms with Crippen molar-refractivity contribution in [3.8, 4) is 22.6 Å². The number of benzene rings is 7. The number of hydrogen-bond acceptors (Lipinski definition) is 3. The molecule has 2 heterocycles. The number of para-hydroxylation sites is 4. The highest BCUT2D eigenvalue weighted by Crippen LogP contribution is 2.62. The van der Waals surface area contributed by atoms with Crippen molar-refractivity contribution >= 4 is 39.0 Å². The molecule has 0 amide bonds. The number of fused-ring (bicyclic) bond motifs is 12. The fourth-order valence-electron chi connectivity index (χ4n) is 7.85. The highest BCUT2D eigenvalue weighted by atomic mass is 16.5. The minimum atomic E-state index is -0.521. The van der Waals surface area contributed by atoms with Gasteiger partial charge in [-0.1, -0.05) is 97.1 Å². The van der Waals surface area contributed by atoms with Crippen LogP contribution < -0.4 is 9.64 Å². The van der Waals surface area contributed by atoms with Gasteiger partial charge in [-0.25, -0.2) is 0 Å². The van der Waals surface area contributed by atoms with Crippen molar-refractivity contribution in [1.29, 1.82) is 0 Å². The average molecular weight is 590 g/mol. The Morgan fingerprint density at radius 3 is 1.63 bits per heavy atom. The molecule has 0 radical (unpaired) electrons. The smallest absolute Gasteiger partial charge is 0.137 e. The molecule has 1 aliphatic carbocycles. The van der Waals surface area contributed by atoms with Crippen molar-refractivity contribution in [3.63, 3.8) is 0 Å². The second-order valence-corrected chi connectivity index (χ2v) is 12.1. The summed E-state index contributed by atoms with van der Waals surface area (Å²) in [6, 6.07) is 57.9. The van der Waals surface area contributed by atoms with E-state index in [0.29, 0.717) is 0 Å². The van der Waals surface area contributed by atoms with Crippen molar-refractivity contribution in [2.75, 3.05) is 4.90 Å². The van der Waals surface area contributed by atoms with E-state index in [1.165, 1.54) is 22.3 Å². The Morgan fingerprint density at radius 1 is 0.391 bits per heavy atom. The van der Waals surface area contributed by atoms with E-state index in [1.54, 1.807) is 0 Å². The zero-order chi connectivity index (χ0) is 30.2. The molecule has 0 bridgehead atoms. The molecule has 1 aliphatic heterocycles. The number of hydrogen-bond donors (Lipinski definition) is 0. The zero-order valence-corrected chi connectivity index (χ0v) is 24.9. The Kier molecular flexibility index (Phi) is 5.20. The third kappa shape index (κ3) is 3.37. The van der Waals surface area contributed by atoms with Gasteiger partial charge in [-0.2, -0.15) is 0 Å². The first-order valence-electron chi connectivity index (χ1n) is 15.7. The normalized spacial score (nSPS) is 13.6.